The van der Waals surface area contributed by atoms with Crippen molar-refractivity contribution in [1.82, 2.24) is 14.9 Å². The Bertz CT molecular complexity index is 563. The average molecular weight is 289 g/mol. The zero-order valence-electron chi connectivity index (χ0n) is 12.7. The number of hydrogen-bond acceptors (Lipinski definition) is 4. The fourth-order valence-corrected chi connectivity index (χ4v) is 3.33. The number of nitrogens with zero attached hydrogens (tertiary/aromatic N) is 2. The Balaban J connectivity index is 2.42. The molecule has 0 aliphatic carbocycles. The van der Waals surface area contributed by atoms with Gasteiger partial charge < -0.3 is 5.32 Å². The summed E-state index contributed by atoms with van der Waals surface area (Å²) in [6, 6.07) is 6.86. The van der Waals surface area contributed by atoms with Crippen molar-refractivity contribution in [2.24, 2.45) is 0 Å². The van der Waals surface area contributed by atoms with Crippen LogP contribution >= 0.6 is 11.5 Å². The Kier molecular flexibility index (Phi) is 5.26. The van der Waals surface area contributed by atoms with Crippen LogP contribution in [0.1, 0.15) is 53.6 Å². The van der Waals surface area contributed by atoms with Gasteiger partial charge in [-0.05, 0) is 49.5 Å². The lowest BCUT2D eigenvalue weighted by Crippen LogP contribution is -2.23. The first kappa shape index (κ1) is 15.1. The lowest BCUT2D eigenvalue weighted by Gasteiger charge is -2.20. The molecule has 0 aliphatic rings. The predicted octanol–water partition coefficient (Wildman–Crippen LogP) is 3.81. The Morgan fingerprint density at radius 2 is 2.05 bits per heavy atom. The fourth-order valence-electron chi connectivity index (χ4n) is 2.54. The van der Waals surface area contributed by atoms with Gasteiger partial charge in [0.1, 0.15) is 0 Å². The molecule has 1 N–H and O–H groups in total. The van der Waals surface area contributed by atoms with Crippen LogP contribution in [0.2, 0.25) is 0 Å². The summed E-state index contributed by atoms with van der Waals surface area (Å²) in [7, 11) is 0. The molecule has 0 saturated heterocycles. The van der Waals surface area contributed by atoms with Gasteiger partial charge >= 0.3 is 0 Å². The third-order valence-corrected chi connectivity index (χ3v) is 4.31. The maximum atomic E-state index is 4.31. The second kappa shape index (κ2) is 6.95. The first-order valence-electron chi connectivity index (χ1n) is 7.29. The van der Waals surface area contributed by atoms with Gasteiger partial charge in [-0.15, -0.1) is 5.10 Å². The summed E-state index contributed by atoms with van der Waals surface area (Å²) in [5.41, 5.74) is 5.11. The van der Waals surface area contributed by atoms with Crippen LogP contribution < -0.4 is 5.32 Å². The third kappa shape index (κ3) is 3.25. The van der Waals surface area contributed by atoms with Crippen LogP contribution in [-0.2, 0) is 6.42 Å². The SMILES string of the molecule is CCCc1nnsc1C(NCC)c1ccc(C)cc1C. The summed E-state index contributed by atoms with van der Waals surface area (Å²) in [6.07, 6.45) is 2.10. The molecule has 1 heterocycles. The van der Waals surface area contributed by atoms with E-state index in [9.17, 15) is 0 Å². The van der Waals surface area contributed by atoms with Crippen LogP contribution in [0, 0.1) is 13.8 Å². The van der Waals surface area contributed by atoms with Gasteiger partial charge in [-0.3, -0.25) is 0 Å². The Morgan fingerprint density at radius 1 is 1.25 bits per heavy atom. The highest BCUT2D eigenvalue weighted by Gasteiger charge is 2.21. The molecule has 2 rings (SSSR count). The van der Waals surface area contributed by atoms with Crippen LogP contribution in [-0.4, -0.2) is 16.1 Å². The summed E-state index contributed by atoms with van der Waals surface area (Å²) < 4.78 is 4.17. The van der Waals surface area contributed by atoms with Crippen LogP contribution in [0.4, 0.5) is 0 Å². The van der Waals surface area contributed by atoms with E-state index < -0.39 is 0 Å². The van der Waals surface area contributed by atoms with Gasteiger partial charge in [0.15, 0.2) is 0 Å². The highest BCUT2D eigenvalue weighted by molar-refractivity contribution is 7.05. The molecule has 1 aromatic heterocycles. The molecule has 20 heavy (non-hydrogen) atoms. The number of aryl methyl sites for hydroxylation is 3. The minimum atomic E-state index is 0.210. The van der Waals surface area contributed by atoms with Crippen LogP contribution in [0.5, 0.6) is 0 Å². The Hall–Kier alpha value is -1.26. The standard InChI is InChI=1S/C16H23N3S/c1-5-7-14-16(20-19-18-14)15(17-6-2)13-9-8-11(3)10-12(13)4/h8-10,15,17H,5-7H2,1-4H3. The van der Waals surface area contributed by atoms with Gasteiger partial charge in [-0.1, -0.05) is 48.5 Å². The minimum Gasteiger partial charge on any atom is -0.306 e. The highest BCUT2D eigenvalue weighted by atomic mass is 32.1. The monoisotopic (exact) mass is 289 g/mol. The molecule has 2 aromatic rings. The zero-order valence-corrected chi connectivity index (χ0v) is 13.5. The van der Waals surface area contributed by atoms with Gasteiger partial charge in [-0.2, -0.15) is 0 Å². The normalized spacial score (nSPS) is 12.6. The van der Waals surface area contributed by atoms with E-state index in [1.54, 1.807) is 0 Å². The van der Waals surface area contributed by atoms with E-state index in [1.165, 1.54) is 33.1 Å². The quantitative estimate of drug-likeness (QED) is 0.879. The smallest absolute Gasteiger partial charge is 0.0807 e. The summed E-state index contributed by atoms with van der Waals surface area (Å²) in [5, 5.41) is 7.90. The summed E-state index contributed by atoms with van der Waals surface area (Å²) in [6.45, 7) is 9.57. The molecule has 108 valence electrons. The maximum absolute atomic E-state index is 4.31. The molecule has 1 unspecified atom stereocenters. The summed E-state index contributed by atoms with van der Waals surface area (Å²) >= 11 is 1.52. The topological polar surface area (TPSA) is 37.8 Å². The Labute approximate surface area is 125 Å². The molecule has 1 aromatic carbocycles. The van der Waals surface area contributed by atoms with Crippen molar-refractivity contribution in [1.29, 1.82) is 0 Å². The highest BCUT2D eigenvalue weighted by Crippen LogP contribution is 2.30. The van der Waals surface area contributed by atoms with Gasteiger partial charge in [-0.25, -0.2) is 0 Å². The van der Waals surface area contributed by atoms with Crippen molar-refractivity contribution in [2.45, 2.75) is 46.6 Å². The first-order chi connectivity index (χ1) is 9.67. The zero-order chi connectivity index (χ0) is 14.5. The molecule has 0 fully saturated rings. The molecule has 4 heteroatoms. The van der Waals surface area contributed by atoms with E-state index in [-0.39, 0.29) is 6.04 Å². The predicted molar refractivity (Wildman–Crippen MR) is 85.3 cm³/mol. The molecule has 0 bridgehead atoms. The van der Waals surface area contributed by atoms with E-state index in [1.807, 2.05) is 0 Å². The van der Waals surface area contributed by atoms with E-state index >= 15 is 0 Å². The molecular formula is C16H23N3S. The molecule has 0 spiro atoms. The van der Waals surface area contributed by atoms with Crippen LogP contribution in [0.25, 0.3) is 0 Å². The first-order valence-corrected chi connectivity index (χ1v) is 8.06. The van der Waals surface area contributed by atoms with Gasteiger partial charge in [0.2, 0.25) is 0 Å². The van der Waals surface area contributed by atoms with Gasteiger partial charge in [0.05, 0.1) is 16.6 Å². The van der Waals surface area contributed by atoms with Gasteiger partial charge in [0, 0.05) is 0 Å². The van der Waals surface area contributed by atoms with E-state index in [0.717, 1.165) is 25.1 Å². The van der Waals surface area contributed by atoms with E-state index in [4.69, 9.17) is 0 Å². The van der Waals surface area contributed by atoms with Crippen molar-refractivity contribution in [3.05, 3.63) is 45.5 Å². The molecule has 1 atom stereocenters. The number of aromatic nitrogens is 2. The lowest BCUT2D eigenvalue weighted by molar-refractivity contribution is 0.627. The van der Waals surface area contributed by atoms with Crippen molar-refractivity contribution in [3.8, 4) is 0 Å². The minimum absolute atomic E-state index is 0.210. The number of nitrogens with one attached hydrogen (secondary N) is 1. The van der Waals surface area contributed by atoms with Gasteiger partial charge in [0.25, 0.3) is 0 Å². The second-order valence-electron chi connectivity index (χ2n) is 5.18. The third-order valence-electron chi connectivity index (χ3n) is 3.48. The number of hydrogen-bond donors (Lipinski definition) is 1. The number of benzene rings is 1. The molecule has 3 nitrogen and oxygen atoms in total. The average Bonchev–Trinajstić information content (AvgIpc) is 2.85. The molecule has 0 radical (unpaired) electrons. The van der Waals surface area contributed by atoms with Crippen molar-refractivity contribution in [3.63, 3.8) is 0 Å². The van der Waals surface area contributed by atoms with Crippen molar-refractivity contribution < 1.29 is 0 Å². The number of rotatable bonds is 6. The lowest BCUT2D eigenvalue weighted by atomic mass is 9.96. The van der Waals surface area contributed by atoms with Crippen LogP contribution in [0.3, 0.4) is 0 Å². The molecule has 0 aliphatic heterocycles. The van der Waals surface area contributed by atoms with Crippen molar-refractivity contribution >= 4 is 11.5 Å². The maximum Gasteiger partial charge on any atom is 0.0807 e. The largest absolute Gasteiger partial charge is 0.306 e. The summed E-state index contributed by atoms with van der Waals surface area (Å²) in [4.78, 5) is 1.26. The van der Waals surface area contributed by atoms with E-state index in [2.05, 4.69) is 60.8 Å². The molecular weight excluding hydrogens is 266 g/mol. The second-order valence-corrected chi connectivity index (χ2v) is 5.97. The van der Waals surface area contributed by atoms with Crippen LogP contribution in [0.15, 0.2) is 18.2 Å². The van der Waals surface area contributed by atoms with E-state index in [0.29, 0.717) is 0 Å². The van der Waals surface area contributed by atoms with Crippen molar-refractivity contribution in [2.75, 3.05) is 6.54 Å². The molecule has 0 amide bonds. The summed E-state index contributed by atoms with van der Waals surface area (Å²) in [5.74, 6) is 0. The Morgan fingerprint density at radius 3 is 2.70 bits per heavy atom. The molecule has 0 saturated carbocycles. The fraction of sp³-hybridized carbons (Fsp3) is 0.500.